The van der Waals surface area contributed by atoms with E-state index < -0.39 is 56.9 Å². The first-order valence-corrected chi connectivity index (χ1v) is 15.5. The maximum atomic E-state index is 14.0. The zero-order valence-corrected chi connectivity index (χ0v) is 26.3. The molecule has 0 unspecified atom stereocenters. The van der Waals surface area contributed by atoms with Crippen LogP contribution in [0, 0.1) is 6.92 Å². The van der Waals surface area contributed by atoms with Crippen LogP contribution >= 0.6 is 23.2 Å². The number of carbonyl (C=O) groups is 2. The van der Waals surface area contributed by atoms with E-state index in [1.807, 2.05) is 6.92 Å². The van der Waals surface area contributed by atoms with E-state index in [4.69, 9.17) is 23.2 Å². The zero-order chi connectivity index (χ0) is 32.1. The van der Waals surface area contributed by atoms with Crippen LogP contribution < -0.4 is 9.62 Å². The van der Waals surface area contributed by atoms with Crippen molar-refractivity contribution >= 4 is 50.7 Å². The van der Waals surface area contributed by atoms with Crippen molar-refractivity contribution in [1.82, 2.24) is 10.2 Å². The predicted molar refractivity (Wildman–Crippen MR) is 162 cm³/mol. The molecule has 0 spiro atoms. The number of hydrogen-bond donors (Lipinski definition) is 1. The Labute approximate surface area is 259 Å². The molecule has 0 saturated carbocycles. The summed E-state index contributed by atoms with van der Waals surface area (Å²) in [4.78, 5) is 28.0. The fraction of sp³-hybridized carbons (Fsp3) is 0.333. The lowest BCUT2D eigenvalue weighted by Crippen LogP contribution is -2.52. The van der Waals surface area contributed by atoms with Crippen molar-refractivity contribution < 1.29 is 31.2 Å². The van der Waals surface area contributed by atoms with E-state index in [1.165, 1.54) is 36.1 Å². The number of halogens is 5. The maximum absolute atomic E-state index is 14.0. The predicted octanol–water partition coefficient (Wildman–Crippen LogP) is 6.85. The van der Waals surface area contributed by atoms with Gasteiger partial charge >= 0.3 is 6.18 Å². The summed E-state index contributed by atoms with van der Waals surface area (Å²) in [6, 6.07) is 13.6. The molecule has 2 atom stereocenters. The van der Waals surface area contributed by atoms with Gasteiger partial charge in [0.2, 0.25) is 11.8 Å². The third-order valence-corrected chi connectivity index (χ3v) is 9.19. The lowest BCUT2D eigenvalue weighted by atomic mass is 10.1. The molecule has 0 aliphatic heterocycles. The fourth-order valence-corrected chi connectivity index (χ4v) is 5.98. The van der Waals surface area contributed by atoms with Crippen LogP contribution in [0.3, 0.4) is 0 Å². The van der Waals surface area contributed by atoms with Crippen LogP contribution in [0.2, 0.25) is 10.0 Å². The molecule has 232 valence electrons. The molecule has 13 heteroatoms. The highest BCUT2D eigenvalue weighted by molar-refractivity contribution is 7.92. The van der Waals surface area contributed by atoms with E-state index in [0.29, 0.717) is 27.4 Å². The van der Waals surface area contributed by atoms with Crippen molar-refractivity contribution in [3.8, 4) is 0 Å². The van der Waals surface area contributed by atoms with Crippen LogP contribution in [0.1, 0.15) is 43.9 Å². The third-order valence-electron chi connectivity index (χ3n) is 6.84. The number of sulfonamides is 1. The molecule has 3 rings (SSSR count). The number of amides is 2. The summed E-state index contributed by atoms with van der Waals surface area (Å²) in [5.41, 5.74) is -0.380. The minimum atomic E-state index is -4.89. The van der Waals surface area contributed by atoms with Crippen molar-refractivity contribution in [3.63, 3.8) is 0 Å². The molecule has 0 aliphatic carbocycles. The van der Waals surface area contributed by atoms with Gasteiger partial charge in [-0.3, -0.25) is 13.9 Å². The summed E-state index contributed by atoms with van der Waals surface area (Å²) in [5, 5.41) is 2.56. The summed E-state index contributed by atoms with van der Waals surface area (Å²) in [5.74, 6) is -1.31. The van der Waals surface area contributed by atoms with E-state index in [2.05, 4.69) is 5.32 Å². The zero-order valence-electron chi connectivity index (χ0n) is 24.0. The molecule has 0 radical (unpaired) electrons. The molecule has 2 amide bonds. The number of benzene rings is 3. The van der Waals surface area contributed by atoms with Crippen molar-refractivity contribution in [3.05, 3.63) is 93.5 Å². The van der Waals surface area contributed by atoms with Gasteiger partial charge in [0.1, 0.15) is 12.6 Å². The van der Waals surface area contributed by atoms with Gasteiger partial charge in [-0.1, -0.05) is 60.0 Å². The number of alkyl halides is 3. The highest BCUT2D eigenvalue weighted by Gasteiger charge is 2.37. The number of nitrogens with zero attached hydrogens (tertiary/aromatic N) is 2. The molecule has 43 heavy (non-hydrogen) atoms. The molecule has 3 aromatic carbocycles. The van der Waals surface area contributed by atoms with E-state index in [1.54, 1.807) is 38.1 Å². The van der Waals surface area contributed by atoms with Crippen LogP contribution in [0.25, 0.3) is 0 Å². The number of nitrogens with one attached hydrogen (secondary N) is 1. The number of aryl methyl sites for hydroxylation is 1. The maximum Gasteiger partial charge on any atom is 0.417 e. The first-order chi connectivity index (χ1) is 20.0. The Bertz CT molecular complexity index is 1570. The van der Waals surface area contributed by atoms with Crippen molar-refractivity contribution in [2.24, 2.45) is 0 Å². The molecular weight excluding hydrogens is 626 g/mol. The molecule has 0 bridgehead atoms. The van der Waals surface area contributed by atoms with Crippen LogP contribution in [0.15, 0.2) is 71.6 Å². The van der Waals surface area contributed by atoms with E-state index in [9.17, 15) is 31.2 Å². The molecule has 3 aromatic rings. The van der Waals surface area contributed by atoms with Gasteiger partial charge in [0, 0.05) is 17.6 Å². The second-order valence-electron chi connectivity index (χ2n) is 10.1. The standard InChI is InChI=1S/C30H32Cl2F3N3O4S/c1-5-20(3)36-29(40)21(4)37(17-22-7-6-8-23(31)15-22)28(39)18-38(43(41,42)25-12-9-19(2)10-13-25)24-11-14-27(32)26(16-24)30(33,34)35/h6-16,20-21H,5,17-18H2,1-4H3,(H,36,40)/t20-,21-/m0/s1. The molecule has 7 nitrogen and oxygen atoms in total. The highest BCUT2D eigenvalue weighted by atomic mass is 35.5. The van der Waals surface area contributed by atoms with Gasteiger partial charge in [-0.2, -0.15) is 13.2 Å². The Morgan fingerprint density at radius 2 is 1.63 bits per heavy atom. The minimum absolute atomic E-state index is 0.124. The molecule has 0 aromatic heterocycles. The highest BCUT2D eigenvalue weighted by Crippen LogP contribution is 2.38. The lowest BCUT2D eigenvalue weighted by molar-refractivity contribution is -0.139. The third kappa shape index (κ3) is 8.64. The summed E-state index contributed by atoms with van der Waals surface area (Å²) in [7, 11) is -4.57. The lowest BCUT2D eigenvalue weighted by Gasteiger charge is -2.32. The van der Waals surface area contributed by atoms with Gasteiger partial charge in [0.15, 0.2) is 0 Å². The Morgan fingerprint density at radius 3 is 2.21 bits per heavy atom. The van der Waals surface area contributed by atoms with Crippen LogP contribution in [0.5, 0.6) is 0 Å². The van der Waals surface area contributed by atoms with Crippen LogP contribution in [-0.2, 0) is 32.3 Å². The smallest absolute Gasteiger partial charge is 0.352 e. The average Bonchev–Trinajstić information content (AvgIpc) is 2.94. The quantitative estimate of drug-likeness (QED) is 0.244. The van der Waals surface area contributed by atoms with Crippen LogP contribution in [0.4, 0.5) is 18.9 Å². The number of hydrogen-bond acceptors (Lipinski definition) is 4. The van der Waals surface area contributed by atoms with Gasteiger partial charge in [0.25, 0.3) is 10.0 Å². The van der Waals surface area contributed by atoms with Gasteiger partial charge in [-0.25, -0.2) is 8.42 Å². The van der Waals surface area contributed by atoms with Crippen molar-refractivity contribution in [2.75, 3.05) is 10.8 Å². The second kappa shape index (κ2) is 14.0. The molecule has 0 saturated heterocycles. The topological polar surface area (TPSA) is 86.8 Å². The SMILES string of the molecule is CC[C@H](C)NC(=O)[C@H](C)N(Cc1cccc(Cl)c1)C(=O)CN(c1ccc(Cl)c(C(F)(F)F)c1)S(=O)(=O)c1ccc(C)cc1. The Kier molecular flexibility index (Phi) is 11.1. The number of rotatable bonds is 11. The van der Waals surface area contributed by atoms with Crippen molar-refractivity contribution in [2.45, 2.75) is 63.8 Å². The molecular formula is C30H32Cl2F3N3O4S. The van der Waals surface area contributed by atoms with Gasteiger partial charge in [0.05, 0.1) is 21.2 Å². The van der Waals surface area contributed by atoms with E-state index in [0.717, 1.165) is 17.7 Å². The van der Waals surface area contributed by atoms with E-state index >= 15 is 0 Å². The van der Waals surface area contributed by atoms with Crippen molar-refractivity contribution in [1.29, 1.82) is 0 Å². The molecule has 1 N–H and O–H groups in total. The molecule has 0 heterocycles. The Hall–Kier alpha value is -3.28. The molecule has 0 aliphatic rings. The summed E-state index contributed by atoms with van der Waals surface area (Å²) in [6.45, 7) is 5.87. The first-order valence-electron chi connectivity index (χ1n) is 13.3. The second-order valence-corrected chi connectivity index (χ2v) is 12.8. The summed E-state index contributed by atoms with van der Waals surface area (Å²) in [6.07, 6.45) is -4.26. The van der Waals surface area contributed by atoms with E-state index in [-0.39, 0.29) is 17.5 Å². The van der Waals surface area contributed by atoms with Gasteiger partial charge < -0.3 is 10.2 Å². The Morgan fingerprint density at radius 1 is 0.977 bits per heavy atom. The molecule has 0 fully saturated rings. The fourth-order valence-electron chi connectivity index (χ4n) is 4.13. The number of carbonyl (C=O) groups excluding carboxylic acids is 2. The monoisotopic (exact) mass is 657 g/mol. The van der Waals surface area contributed by atoms with Gasteiger partial charge in [-0.15, -0.1) is 0 Å². The summed E-state index contributed by atoms with van der Waals surface area (Å²) < 4.78 is 69.7. The minimum Gasteiger partial charge on any atom is -0.352 e. The first kappa shape index (κ1) is 34.2. The van der Waals surface area contributed by atoms with Gasteiger partial charge in [-0.05, 0) is 75.2 Å². The van der Waals surface area contributed by atoms with Crippen LogP contribution in [-0.4, -0.2) is 43.8 Å². The largest absolute Gasteiger partial charge is 0.417 e. The summed E-state index contributed by atoms with van der Waals surface area (Å²) >= 11 is 11.9. The average molecular weight is 659 g/mol. The Balaban J connectivity index is 2.12. The number of anilines is 1. The normalized spacial score (nSPS) is 13.2.